The Hall–Kier alpha value is -0.940. The van der Waals surface area contributed by atoms with Gasteiger partial charge < -0.3 is 9.84 Å². The Bertz CT molecular complexity index is 361. The summed E-state index contributed by atoms with van der Waals surface area (Å²) in [6.45, 7) is 6.17. The SMILES string of the molecule is C[C@@H]1CN(Cc2nc(C3CC3)no2)CCN1. The molecule has 1 aromatic heterocycles. The molecule has 0 unspecified atom stereocenters. The second kappa shape index (κ2) is 4.14. The molecule has 16 heavy (non-hydrogen) atoms. The molecular weight excluding hydrogens is 204 g/mol. The van der Waals surface area contributed by atoms with Crippen LogP contribution in [-0.2, 0) is 6.54 Å². The molecule has 1 atom stereocenters. The van der Waals surface area contributed by atoms with Crippen molar-refractivity contribution in [2.45, 2.75) is 38.3 Å². The number of rotatable bonds is 3. The highest BCUT2D eigenvalue weighted by molar-refractivity contribution is 5.03. The quantitative estimate of drug-likeness (QED) is 0.817. The third-order valence-electron chi connectivity index (χ3n) is 3.24. The van der Waals surface area contributed by atoms with E-state index in [1.54, 1.807) is 0 Å². The third kappa shape index (κ3) is 2.25. The van der Waals surface area contributed by atoms with E-state index in [1.807, 2.05) is 0 Å². The lowest BCUT2D eigenvalue weighted by Crippen LogP contribution is -2.48. The van der Waals surface area contributed by atoms with Gasteiger partial charge in [0.1, 0.15) is 0 Å². The van der Waals surface area contributed by atoms with E-state index < -0.39 is 0 Å². The maximum atomic E-state index is 5.28. The number of hydrogen-bond donors (Lipinski definition) is 1. The monoisotopic (exact) mass is 222 g/mol. The minimum atomic E-state index is 0.555. The van der Waals surface area contributed by atoms with Crippen molar-refractivity contribution in [1.29, 1.82) is 0 Å². The highest BCUT2D eigenvalue weighted by Crippen LogP contribution is 2.38. The molecule has 5 nitrogen and oxygen atoms in total. The maximum Gasteiger partial charge on any atom is 0.240 e. The van der Waals surface area contributed by atoms with Gasteiger partial charge in [0.05, 0.1) is 6.54 Å². The van der Waals surface area contributed by atoms with Crippen LogP contribution < -0.4 is 5.32 Å². The third-order valence-corrected chi connectivity index (χ3v) is 3.24. The van der Waals surface area contributed by atoms with Crippen molar-refractivity contribution < 1.29 is 4.52 Å². The fraction of sp³-hybridized carbons (Fsp3) is 0.818. The van der Waals surface area contributed by atoms with Crippen molar-refractivity contribution in [1.82, 2.24) is 20.4 Å². The molecule has 1 aliphatic carbocycles. The van der Waals surface area contributed by atoms with Gasteiger partial charge in [-0.05, 0) is 19.8 Å². The molecule has 1 aromatic rings. The van der Waals surface area contributed by atoms with Gasteiger partial charge in [-0.25, -0.2) is 0 Å². The molecule has 2 aliphatic rings. The summed E-state index contributed by atoms with van der Waals surface area (Å²) in [7, 11) is 0. The summed E-state index contributed by atoms with van der Waals surface area (Å²) < 4.78 is 5.28. The Kier molecular flexibility index (Phi) is 2.65. The Morgan fingerprint density at radius 1 is 1.50 bits per heavy atom. The van der Waals surface area contributed by atoms with Crippen LogP contribution in [-0.4, -0.2) is 40.7 Å². The van der Waals surface area contributed by atoms with Crippen molar-refractivity contribution in [2.24, 2.45) is 0 Å². The molecule has 5 heteroatoms. The van der Waals surface area contributed by atoms with Crippen LogP contribution in [0.1, 0.15) is 37.4 Å². The number of piperazine rings is 1. The molecule has 1 aliphatic heterocycles. The molecule has 0 bridgehead atoms. The van der Waals surface area contributed by atoms with Gasteiger partial charge >= 0.3 is 0 Å². The van der Waals surface area contributed by atoms with Gasteiger partial charge in [-0.1, -0.05) is 5.16 Å². The number of hydrogen-bond acceptors (Lipinski definition) is 5. The average Bonchev–Trinajstić information content (AvgIpc) is 3.01. The second-order valence-corrected chi connectivity index (χ2v) is 4.91. The van der Waals surface area contributed by atoms with Crippen LogP contribution in [0.5, 0.6) is 0 Å². The zero-order chi connectivity index (χ0) is 11.0. The molecule has 1 saturated carbocycles. The van der Waals surface area contributed by atoms with E-state index >= 15 is 0 Å². The second-order valence-electron chi connectivity index (χ2n) is 4.91. The Morgan fingerprint density at radius 2 is 2.38 bits per heavy atom. The Balaban J connectivity index is 1.59. The van der Waals surface area contributed by atoms with Crippen molar-refractivity contribution in [3.63, 3.8) is 0 Å². The van der Waals surface area contributed by atoms with Crippen LogP contribution in [0.25, 0.3) is 0 Å². The first-order valence-electron chi connectivity index (χ1n) is 6.09. The molecule has 88 valence electrons. The molecule has 0 amide bonds. The summed E-state index contributed by atoms with van der Waals surface area (Å²) in [5.41, 5.74) is 0. The van der Waals surface area contributed by atoms with Crippen molar-refractivity contribution in [3.8, 4) is 0 Å². The standard InChI is InChI=1S/C11H18N4O/c1-8-6-15(5-4-12-8)7-10-13-11(14-16-10)9-2-3-9/h8-9,12H,2-7H2,1H3/t8-/m1/s1. The summed E-state index contributed by atoms with van der Waals surface area (Å²) in [5.74, 6) is 2.27. The Morgan fingerprint density at radius 3 is 3.12 bits per heavy atom. The Labute approximate surface area is 95.2 Å². The lowest BCUT2D eigenvalue weighted by atomic mass is 10.2. The van der Waals surface area contributed by atoms with E-state index in [0.29, 0.717) is 12.0 Å². The van der Waals surface area contributed by atoms with E-state index in [2.05, 4.69) is 27.3 Å². The van der Waals surface area contributed by atoms with E-state index in [0.717, 1.165) is 37.9 Å². The lowest BCUT2D eigenvalue weighted by molar-refractivity contribution is 0.177. The first-order valence-corrected chi connectivity index (χ1v) is 6.09. The summed E-state index contributed by atoms with van der Waals surface area (Å²) in [4.78, 5) is 6.82. The molecule has 1 N–H and O–H groups in total. The minimum Gasteiger partial charge on any atom is -0.338 e. The van der Waals surface area contributed by atoms with Gasteiger partial charge in [0, 0.05) is 31.6 Å². The van der Waals surface area contributed by atoms with Crippen LogP contribution in [0.3, 0.4) is 0 Å². The van der Waals surface area contributed by atoms with Gasteiger partial charge in [-0.2, -0.15) is 4.98 Å². The van der Waals surface area contributed by atoms with Crippen molar-refractivity contribution >= 4 is 0 Å². The highest BCUT2D eigenvalue weighted by Gasteiger charge is 2.29. The predicted molar refractivity (Wildman–Crippen MR) is 59.0 cm³/mol. The average molecular weight is 222 g/mol. The van der Waals surface area contributed by atoms with Gasteiger partial charge in [0.25, 0.3) is 0 Å². The van der Waals surface area contributed by atoms with Crippen LogP contribution in [0.4, 0.5) is 0 Å². The van der Waals surface area contributed by atoms with E-state index in [1.165, 1.54) is 12.8 Å². The molecule has 0 aromatic carbocycles. The molecule has 2 fully saturated rings. The molecule has 1 saturated heterocycles. The topological polar surface area (TPSA) is 54.2 Å². The fourth-order valence-corrected chi connectivity index (χ4v) is 2.19. The van der Waals surface area contributed by atoms with Crippen LogP contribution in [0.2, 0.25) is 0 Å². The number of nitrogens with one attached hydrogen (secondary N) is 1. The zero-order valence-corrected chi connectivity index (χ0v) is 9.65. The van der Waals surface area contributed by atoms with Gasteiger partial charge in [-0.15, -0.1) is 0 Å². The number of nitrogens with zero attached hydrogens (tertiary/aromatic N) is 3. The van der Waals surface area contributed by atoms with Crippen molar-refractivity contribution in [2.75, 3.05) is 19.6 Å². The largest absolute Gasteiger partial charge is 0.338 e. The molecule has 0 radical (unpaired) electrons. The minimum absolute atomic E-state index is 0.555. The van der Waals surface area contributed by atoms with Crippen LogP contribution in [0, 0.1) is 0 Å². The summed E-state index contributed by atoms with van der Waals surface area (Å²) in [6.07, 6.45) is 2.45. The fourth-order valence-electron chi connectivity index (χ4n) is 2.19. The van der Waals surface area contributed by atoms with Gasteiger partial charge in [0.15, 0.2) is 5.82 Å². The normalized spacial score (nSPS) is 27.2. The highest BCUT2D eigenvalue weighted by atomic mass is 16.5. The molecular formula is C11H18N4O. The maximum absolute atomic E-state index is 5.28. The lowest BCUT2D eigenvalue weighted by Gasteiger charge is -2.30. The smallest absolute Gasteiger partial charge is 0.240 e. The van der Waals surface area contributed by atoms with E-state index in [-0.39, 0.29) is 0 Å². The molecule has 3 rings (SSSR count). The van der Waals surface area contributed by atoms with Crippen LogP contribution >= 0.6 is 0 Å². The van der Waals surface area contributed by atoms with Gasteiger partial charge in [-0.3, -0.25) is 4.90 Å². The number of aromatic nitrogens is 2. The van der Waals surface area contributed by atoms with E-state index in [9.17, 15) is 0 Å². The molecule has 0 spiro atoms. The summed E-state index contributed by atoms with van der Waals surface area (Å²) in [5, 5.41) is 7.46. The zero-order valence-electron chi connectivity index (χ0n) is 9.65. The first-order chi connectivity index (χ1) is 7.81. The first kappa shape index (κ1) is 10.2. The van der Waals surface area contributed by atoms with Crippen LogP contribution in [0.15, 0.2) is 4.52 Å². The van der Waals surface area contributed by atoms with Crippen molar-refractivity contribution in [3.05, 3.63) is 11.7 Å². The predicted octanol–water partition coefficient (Wildman–Crippen LogP) is 0.741. The summed E-state index contributed by atoms with van der Waals surface area (Å²) in [6, 6.07) is 0.555. The van der Waals surface area contributed by atoms with E-state index in [4.69, 9.17) is 4.52 Å². The van der Waals surface area contributed by atoms with Gasteiger partial charge in [0.2, 0.25) is 5.89 Å². The molecule has 2 heterocycles. The summed E-state index contributed by atoms with van der Waals surface area (Å²) >= 11 is 0.